The van der Waals surface area contributed by atoms with E-state index in [1.165, 1.54) is 0 Å². The first-order chi connectivity index (χ1) is 15.7. The van der Waals surface area contributed by atoms with Crippen molar-refractivity contribution in [1.29, 1.82) is 0 Å². The highest BCUT2D eigenvalue weighted by Gasteiger charge is 2.48. The number of hydrogen-bond donors (Lipinski definition) is 0. The first-order valence-corrected chi connectivity index (χ1v) is 11.4. The van der Waals surface area contributed by atoms with Gasteiger partial charge in [-0.1, -0.05) is 30.3 Å². The van der Waals surface area contributed by atoms with Crippen LogP contribution < -0.4 is 9.64 Å². The molecule has 176 valence electrons. The SMILES string of the molecule is COc1ccc2c(c1)C1(CCN(C(=O)OCc3ccccc3)CC1)CN2C(=O)OC(C)(C)C. The minimum atomic E-state index is -0.578. The molecular weight excluding hydrogens is 420 g/mol. The number of ether oxygens (including phenoxy) is 3. The molecule has 0 unspecified atom stereocenters. The normalized spacial score (nSPS) is 17.0. The lowest BCUT2D eigenvalue weighted by atomic mass is 9.74. The van der Waals surface area contributed by atoms with Gasteiger partial charge in [-0.2, -0.15) is 0 Å². The number of hydrogen-bond acceptors (Lipinski definition) is 5. The van der Waals surface area contributed by atoms with Gasteiger partial charge in [0.05, 0.1) is 12.8 Å². The lowest BCUT2D eigenvalue weighted by Gasteiger charge is -2.39. The third-order valence-corrected chi connectivity index (χ3v) is 6.32. The van der Waals surface area contributed by atoms with Crippen molar-refractivity contribution in [1.82, 2.24) is 4.90 Å². The summed E-state index contributed by atoms with van der Waals surface area (Å²) in [6.45, 7) is 7.51. The van der Waals surface area contributed by atoms with Crippen molar-refractivity contribution in [3.8, 4) is 5.75 Å². The molecule has 0 radical (unpaired) electrons. The van der Waals surface area contributed by atoms with E-state index in [1.807, 2.05) is 69.3 Å². The molecule has 2 aromatic rings. The van der Waals surface area contributed by atoms with Crippen LogP contribution in [0.3, 0.4) is 0 Å². The summed E-state index contributed by atoms with van der Waals surface area (Å²) in [5, 5.41) is 0. The van der Waals surface area contributed by atoms with Gasteiger partial charge >= 0.3 is 12.2 Å². The summed E-state index contributed by atoms with van der Waals surface area (Å²) in [5.41, 5.74) is 2.06. The number of nitrogens with zero attached hydrogens (tertiary/aromatic N) is 2. The maximum Gasteiger partial charge on any atom is 0.414 e. The second-order valence-electron chi connectivity index (χ2n) is 9.76. The van der Waals surface area contributed by atoms with E-state index in [9.17, 15) is 9.59 Å². The average Bonchev–Trinajstić information content (AvgIpc) is 3.11. The summed E-state index contributed by atoms with van der Waals surface area (Å²) in [7, 11) is 1.64. The van der Waals surface area contributed by atoms with Crippen molar-refractivity contribution in [3.63, 3.8) is 0 Å². The Kier molecular flexibility index (Phi) is 6.23. The van der Waals surface area contributed by atoms with Crippen LogP contribution in [0.25, 0.3) is 0 Å². The van der Waals surface area contributed by atoms with E-state index in [2.05, 4.69) is 0 Å². The Morgan fingerprint density at radius 2 is 1.70 bits per heavy atom. The summed E-state index contributed by atoms with van der Waals surface area (Å²) in [6.07, 6.45) is 0.803. The summed E-state index contributed by atoms with van der Waals surface area (Å²) in [6, 6.07) is 15.5. The molecule has 4 rings (SSSR count). The van der Waals surface area contributed by atoms with Crippen molar-refractivity contribution >= 4 is 17.9 Å². The largest absolute Gasteiger partial charge is 0.497 e. The van der Waals surface area contributed by atoms with E-state index < -0.39 is 5.60 Å². The van der Waals surface area contributed by atoms with Crippen LogP contribution in [-0.4, -0.2) is 49.4 Å². The minimum absolute atomic E-state index is 0.253. The number of amides is 2. The number of rotatable bonds is 3. The van der Waals surface area contributed by atoms with Crippen LogP contribution in [0.5, 0.6) is 5.75 Å². The van der Waals surface area contributed by atoms with Gasteiger partial charge in [-0.15, -0.1) is 0 Å². The van der Waals surface area contributed by atoms with Gasteiger partial charge in [0.15, 0.2) is 0 Å². The molecule has 0 bridgehead atoms. The zero-order chi connectivity index (χ0) is 23.6. The molecular formula is C26H32N2O5. The second kappa shape index (κ2) is 8.96. The predicted octanol–water partition coefficient (Wildman–Crippen LogP) is 5.12. The van der Waals surface area contributed by atoms with Gasteiger partial charge in [-0.05, 0) is 62.9 Å². The molecule has 1 fully saturated rings. The average molecular weight is 453 g/mol. The number of piperidine rings is 1. The van der Waals surface area contributed by atoms with Gasteiger partial charge in [0.2, 0.25) is 0 Å². The molecule has 0 N–H and O–H groups in total. The van der Waals surface area contributed by atoms with Gasteiger partial charge in [-0.3, -0.25) is 4.90 Å². The Balaban J connectivity index is 1.48. The molecule has 1 spiro atoms. The van der Waals surface area contributed by atoms with Crippen molar-refractivity contribution in [2.24, 2.45) is 0 Å². The molecule has 2 aliphatic heterocycles. The maximum atomic E-state index is 13.0. The highest BCUT2D eigenvalue weighted by Crippen LogP contribution is 2.48. The molecule has 1 saturated heterocycles. The van der Waals surface area contributed by atoms with Gasteiger partial charge in [0.25, 0.3) is 0 Å². The number of methoxy groups -OCH3 is 1. The van der Waals surface area contributed by atoms with E-state index in [0.29, 0.717) is 19.6 Å². The Morgan fingerprint density at radius 1 is 1.00 bits per heavy atom. The number of carbonyl (C=O) groups is 2. The number of benzene rings is 2. The second-order valence-corrected chi connectivity index (χ2v) is 9.76. The van der Waals surface area contributed by atoms with E-state index >= 15 is 0 Å². The zero-order valence-corrected chi connectivity index (χ0v) is 19.8. The highest BCUT2D eigenvalue weighted by molar-refractivity contribution is 5.92. The molecule has 0 aromatic heterocycles. The molecule has 7 heteroatoms. The predicted molar refractivity (Wildman–Crippen MR) is 126 cm³/mol. The quantitative estimate of drug-likeness (QED) is 0.647. The molecule has 7 nitrogen and oxygen atoms in total. The molecule has 2 heterocycles. The van der Waals surface area contributed by atoms with E-state index in [4.69, 9.17) is 14.2 Å². The fourth-order valence-corrected chi connectivity index (χ4v) is 4.61. The first-order valence-electron chi connectivity index (χ1n) is 11.4. The molecule has 0 atom stereocenters. The van der Waals surface area contributed by atoms with Crippen LogP contribution in [0.15, 0.2) is 48.5 Å². The Bertz CT molecular complexity index is 1010. The molecule has 33 heavy (non-hydrogen) atoms. The third kappa shape index (κ3) is 4.92. The number of likely N-dealkylation sites (tertiary alicyclic amines) is 1. The van der Waals surface area contributed by atoms with Crippen molar-refractivity contribution < 1.29 is 23.8 Å². The first kappa shape index (κ1) is 23.0. The monoisotopic (exact) mass is 452 g/mol. The Hall–Kier alpha value is -3.22. The van der Waals surface area contributed by atoms with Crippen LogP contribution in [0.2, 0.25) is 0 Å². The lowest BCUT2D eigenvalue weighted by Crippen LogP contribution is -2.48. The maximum absolute atomic E-state index is 13.0. The number of anilines is 1. The number of fused-ring (bicyclic) bond motifs is 2. The van der Waals surface area contributed by atoms with Gasteiger partial charge in [-0.25, -0.2) is 9.59 Å². The molecule has 0 aliphatic carbocycles. The van der Waals surface area contributed by atoms with E-state index in [-0.39, 0.29) is 24.2 Å². The summed E-state index contributed by atoms with van der Waals surface area (Å²) < 4.78 is 16.7. The van der Waals surface area contributed by atoms with Crippen molar-refractivity contribution in [3.05, 3.63) is 59.7 Å². The van der Waals surface area contributed by atoms with Crippen LogP contribution in [-0.2, 0) is 21.5 Å². The van der Waals surface area contributed by atoms with Crippen LogP contribution >= 0.6 is 0 Å². The number of carbonyl (C=O) groups excluding carboxylic acids is 2. The summed E-state index contributed by atoms with van der Waals surface area (Å²) in [5.74, 6) is 0.754. The Labute approximate surface area is 195 Å². The lowest BCUT2D eigenvalue weighted by molar-refractivity contribution is 0.0561. The highest BCUT2D eigenvalue weighted by atomic mass is 16.6. The molecule has 2 aromatic carbocycles. The molecule has 2 aliphatic rings. The topological polar surface area (TPSA) is 68.3 Å². The zero-order valence-electron chi connectivity index (χ0n) is 19.8. The summed E-state index contributed by atoms with van der Waals surface area (Å²) in [4.78, 5) is 29.1. The minimum Gasteiger partial charge on any atom is -0.497 e. The van der Waals surface area contributed by atoms with Gasteiger partial charge in [0.1, 0.15) is 18.0 Å². The summed E-state index contributed by atoms with van der Waals surface area (Å²) >= 11 is 0. The standard InChI is InChI=1S/C26H32N2O5/c1-25(2,3)33-24(30)28-18-26(21-16-20(31-4)10-11-22(21)28)12-14-27(15-13-26)23(29)32-17-19-8-6-5-7-9-19/h5-11,16H,12-15,17-18H2,1-4H3. The van der Waals surface area contributed by atoms with Crippen LogP contribution in [0.1, 0.15) is 44.7 Å². The third-order valence-electron chi connectivity index (χ3n) is 6.32. The smallest absolute Gasteiger partial charge is 0.414 e. The van der Waals surface area contributed by atoms with E-state index in [1.54, 1.807) is 16.9 Å². The van der Waals surface area contributed by atoms with Gasteiger partial charge < -0.3 is 19.1 Å². The van der Waals surface area contributed by atoms with Crippen LogP contribution in [0, 0.1) is 0 Å². The molecule has 2 amide bonds. The van der Waals surface area contributed by atoms with Crippen LogP contribution in [0.4, 0.5) is 15.3 Å². The van der Waals surface area contributed by atoms with Gasteiger partial charge in [0, 0.05) is 25.0 Å². The van der Waals surface area contributed by atoms with Crippen molar-refractivity contribution in [2.45, 2.75) is 51.2 Å². The fourth-order valence-electron chi connectivity index (χ4n) is 4.61. The Morgan fingerprint density at radius 3 is 2.33 bits per heavy atom. The van der Waals surface area contributed by atoms with E-state index in [0.717, 1.165) is 35.4 Å². The van der Waals surface area contributed by atoms with Crippen molar-refractivity contribution in [2.75, 3.05) is 31.6 Å². The fraction of sp³-hybridized carbons (Fsp3) is 0.462. The molecule has 0 saturated carbocycles.